The topological polar surface area (TPSA) is 119 Å². The van der Waals surface area contributed by atoms with Gasteiger partial charge in [-0.05, 0) is 31.5 Å². The van der Waals surface area contributed by atoms with Crippen LogP contribution >= 0.6 is 0 Å². The molecule has 116 valence electrons. The number of carbonyl (C=O) groups is 1. The molecule has 0 bridgehead atoms. The minimum atomic E-state index is -0.589. The molecule has 0 aliphatic heterocycles. The third-order valence-corrected chi connectivity index (χ3v) is 3.06. The van der Waals surface area contributed by atoms with Gasteiger partial charge in [-0.3, -0.25) is 4.79 Å². The number of aromatic nitrogens is 2. The van der Waals surface area contributed by atoms with Gasteiger partial charge in [-0.15, -0.1) is 0 Å². The summed E-state index contributed by atoms with van der Waals surface area (Å²) in [5.74, 6) is 0.159. The molecule has 1 atom stereocenters. The molecule has 0 radical (unpaired) electrons. The van der Waals surface area contributed by atoms with Gasteiger partial charge in [0.1, 0.15) is 11.4 Å². The van der Waals surface area contributed by atoms with Crippen LogP contribution in [0.5, 0.6) is 0 Å². The predicted molar refractivity (Wildman–Crippen MR) is 87.2 cm³/mol. The van der Waals surface area contributed by atoms with Crippen LogP contribution in [0, 0.1) is 6.92 Å². The van der Waals surface area contributed by atoms with E-state index < -0.39 is 5.91 Å². The summed E-state index contributed by atoms with van der Waals surface area (Å²) in [5, 5.41) is 6.16. The maximum absolute atomic E-state index is 11.5. The zero-order valence-electron chi connectivity index (χ0n) is 12.6. The molecule has 0 aliphatic carbocycles. The van der Waals surface area contributed by atoms with Gasteiger partial charge in [-0.2, -0.15) is 4.98 Å². The summed E-state index contributed by atoms with van der Waals surface area (Å²) in [4.78, 5) is 19.9. The quantitative estimate of drug-likeness (QED) is 0.640. The first-order valence-corrected chi connectivity index (χ1v) is 6.96. The molecule has 7 heteroatoms. The van der Waals surface area contributed by atoms with E-state index in [1.54, 1.807) is 0 Å². The summed E-state index contributed by atoms with van der Waals surface area (Å²) >= 11 is 0. The van der Waals surface area contributed by atoms with E-state index in [1.165, 1.54) is 6.20 Å². The molecule has 0 fully saturated rings. The maximum atomic E-state index is 11.5. The highest BCUT2D eigenvalue weighted by Gasteiger charge is 2.13. The van der Waals surface area contributed by atoms with E-state index in [9.17, 15) is 4.79 Å². The fraction of sp³-hybridized carbons (Fsp3) is 0.267. The zero-order valence-corrected chi connectivity index (χ0v) is 12.6. The van der Waals surface area contributed by atoms with Crippen LogP contribution in [0.2, 0.25) is 0 Å². The standard InChI is InChI=1S/C15H20N6O/c1-9-4-3-5-11(6-9)20-14-12(13(17)22)8-18-15(21-14)19-10(2)7-16/h3-6,8,10H,7,16H2,1-2H3,(H2,17,22)(H2,18,19,20,21)/t10-/m1/s1. The van der Waals surface area contributed by atoms with Gasteiger partial charge in [0.2, 0.25) is 5.95 Å². The number of anilines is 3. The van der Waals surface area contributed by atoms with Crippen molar-refractivity contribution >= 4 is 23.4 Å². The van der Waals surface area contributed by atoms with Crippen molar-refractivity contribution in [3.05, 3.63) is 41.6 Å². The van der Waals surface area contributed by atoms with E-state index in [0.29, 0.717) is 18.3 Å². The molecule has 0 spiro atoms. The van der Waals surface area contributed by atoms with E-state index in [2.05, 4.69) is 20.6 Å². The van der Waals surface area contributed by atoms with Gasteiger partial charge in [0, 0.05) is 24.5 Å². The Balaban J connectivity index is 2.33. The van der Waals surface area contributed by atoms with Gasteiger partial charge in [-0.25, -0.2) is 4.98 Å². The van der Waals surface area contributed by atoms with Crippen molar-refractivity contribution in [1.29, 1.82) is 0 Å². The lowest BCUT2D eigenvalue weighted by Crippen LogP contribution is -2.26. The lowest BCUT2D eigenvalue weighted by atomic mass is 10.2. The van der Waals surface area contributed by atoms with E-state index in [4.69, 9.17) is 11.5 Å². The Hall–Kier alpha value is -2.67. The number of amides is 1. The number of carbonyl (C=O) groups excluding carboxylic acids is 1. The predicted octanol–water partition coefficient (Wildman–Crippen LogP) is 1.39. The fourth-order valence-corrected chi connectivity index (χ4v) is 1.87. The molecular weight excluding hydrogens is 280 g/mol. The average Bonchev–Trinajstić information content (AvgIpc) is 2.47. The molecule has 1 aromatic carbocycles. The molecular formula is C15H20N6O. The molecule has 6 N–H and O–H groups in total. The molecule has 2 rings (SSSR count). The Morgan fingerprint density at radius 1 is 1.41 bits per heavy atom. The van der Waals surface area contributed by atoms with Crippen LogP contribution in [-0.4, -0.2) is 28.5 Å². The molecule has 1 amide bonds. The van der Waals surface area contributed by atoms with E-state index in [-0.39, 0.29) is 11.6 Å². The minimum absolute atomic E-state index is 0.0197. The summed E-state index contributed by atoms with van der Waals surface area (Å²) in [6.07, 6.45) is 1.40. The van der Waals surface area contributed by atoms with Gasteiger partial charge in [-0.1, -0.05) is 12.1 Å². The van der Waals surface area contributed by atoms with Gasteiger partial charge >= 0.3 is 0 Å². The van der Waals surface area contributed by atoms with Crippen LogP contribution in [0.15, 0.2) is 30.5 Å². The smallest absolute Gasteiger partial charge is 0.254 e. The van der Waals surface area contributed by atoms with Gasteiger partial charge in [0.15, 0.2) is 0 Å². The van der Waals surface area contributed by atoms with Crippen LogP contribution in [0.25, 0.3) is 0 Å². The molecule has 7 nitrogen and oxygen atoms in total. The molecule has 0 aliphatic rings. The Morgan fingerprint density at radius 3 is 2.82 bits per heavy atom. The summed E-state index contributed by atoms with van der Waals surface area (Å²) < 4.78 is 0. The van der Waals surface area contributed by atoms with E-state index >= 15 is 0 Å². The van der Waals surface area contributed by atoms with Crippen LogP contribution < -0.4 is 22.1 Å². The number of primary amides is 1. The van der Waals surface area contributed by atoms with Crippen LogP contribution in [0.3, 0.4) is 0 Å². The summed E-state index contributed by atoms with van der Waals surface area (Å²) in [6.45, 7) is 4.34. The van der Waals surface area contributed by atoms with E-state index in [1.807, 2.05) is 38.1 Å². The van der Waals surface area contributed by atoms with Crippen molar-refractivity contribution < 1.29 is 4.79 Å². The molecule has 1 aromatic heterocycles. The monoisotopic (exact) mass is 300 g/mol. The molecule has 22 heavy (non-hydrogen) atoms. The number of benzene rings is 1. The zero-order chi connectivity index (χ0) is 16.1. The average molecular weight is 300 g/mol. The normalized spacial score (nSPS) is 11.8. The summed E-state index contributed by atoms with van der Waals surface area (Å²) in [7, 11) is 0. The number of hydrogen-bond donors (Lipinski definition) is 4. The summed E-state index contributed by atoms with van der Waals surface area (Å²) in [5.41, 5.74) is 13.1. The van der Waals surface area contributed by atoms with Crippen molar-refractivity contribution in [3.8, 4) is 0 Å². The molecule has 0 saturated heterocycles. The Morgan fingerprint density at radius 2 is 2.18 bits per heavy atom. The highest BCUT2D eigenvalue weighted by molar-refractivity contribution is 5.98. The van der Waals surface area contributed by atoms with Gasteiger partial charge < -0.3 is 22.1 Å². The van der Waals surface area contributed by atoms with Crippen LogP contribution in [-0.2, 0) is 0 Å². The second-order valence-electron chi connectivity index (χ2n) is 5.10. The van der Waals surface area contributed by atoms with E-state index in [0.717, 1.165) is 11.3 Å². The first-order valence-electron chi connectivity index (χ1n) is 6.96. The third kappa shape index (κ3) is 3.92. The Kier molecular flexibility index (Phi) is 4.90. The maximum Gasteiger partial charge on any atom is 0.254 e. The SMILES string of the molecule is Cc1cccc(Nc2nc(N[C@H](C)CN)ncc2C(N)=O)c1. The second-order valence-corrected chi connectivity index (χ2v) is 5.10. The van der Waals surface area contributed by atoms with Crippen molar-refractivity contribution in [1.82, 2.24) is 9.97 Å². The highest BCUT2D eigenvalue weighted by Crippen LogP contribution is 2.20. The van der Waals surface area contributed by atoms with Crippen molar-refractivity contribution in [3.63, 3.8) is 0 Å². The summed E-state index contributed by atoms with van der Waals surface area (Å²) in [6, 6.07) is 7.75. The van der Waals surface area contributed by atoms with Crippen LogP contribution in [0.4, 0.5) is 17.5 Å². The number of hydrogen-bond acceptors (Lipinski definition) is 6. The molecule has 1 heterocycles. The molecule has 0 unspecified atom stereocenters. The second kappa shape index (κ2) is 6.86. The van der Waals surface area contributed by atoms with Crippen LogP contribution in [0.1, 0.15) is 22.8 Å². The largest absolute Gasteiger partial charge is 0.365 e. The number of nitrogens with two attached hydrogens (primary N) is 2. The lowest BCUT2D eigenvalue weighted by Gasteiger charge is -2.14. The van der Waals surface area contributed by atoms with Gasteiger partial charge in [0.25, 0.3) is 5.91 Å². The minimum Gasteiger partial charge on any atom is -0.365 e. The fourth-order valence-electron chi connectivity index (χ4n) is 1.87. The molecule has 2 aromatic rings. The number of rotatable bonds is 6. The number of nitrogens with zero attached hydrogens (tertiary/aromatic N) is 2. The van der Waals surface area contributed by atoms with Crippen molar-refractivity contribution in [2.24, 2.45) is 11.5 Å². The number of aryl methyl sites for hydroxylation is 1. The first kappa shape index (κ1) is 15.7. The van der Waals surface area contributed by atoms with Gasteiger partial charge in [0.05, 0.1) is 0 Å². The lowest BCUT2D eigenvalue weighted by molar-refractivity contribution is 0.100. The van der Waals surface area contributed by atoms with Crippen molar-refractivity contribution in [2.45, 2.75) is 19.9 Å². The Bertz CT molecular complexity index is 673. The first-order chi connectivity index (χ1) is 10.5. The number of nitrogens with one attached hydrogen (secondary N) is 2. The third-order valence-electron chi connectivity index (χ3n) is 3.06. The highest BCUT2D eigenvalue weighted by atomic mass is 16.1. The van der Waals surface area contributed by atoms with Crippen molar-refractivity contribution in [2.75, 3.05) is 17.2 Å². The molecule has 0 saturated carbocycles. The Labute approximate surface area is 129 Å².